The Balaban J connectivity index is 2.38. The first-order chi connectivity index (χ1) is 5.29. The minimum atomic E-state index is 0.651. The zero-order valence-corrected chi connectivity index (χ0v) is 7.15. The normalized spacial score (nSPS) is 29.6. The van der Waals surface area contributed by atoms with Crippen LogP contribution in [0.1, 0.15) is 20.3 Å². The van der Waals surface area contributed by atoms with Gasteiger partial charge in [0.1, 0.15) is 0 Å². The second kappa shape index (κ2) is 2.36. The van der Waals surface area contributed by atoms with Crippen LogP contribution in [0.15, 0.2) is 16.3 Å². The topological polar surface area (TPSA) is 24.4 Å². The van der Waals surface area contributed by atoms with Crippen LogP contribution < -0.4 is 5.32 Å². The van der Waals surface area contributed by atoms with E-state index in [-0.39, 0.29) is 0 Å². The van der Waals surface area contributed by atoms with E-state index in [1.54, 1.807) is 0 Å². The SMILES string of the molecule is CC1=C2NCCN=C2C(C)C1. The highest BCUT2D eigenvalue weighted by Crippen LogP contribution is 2.28. The van der Waals surface area contributed by atoms with Gasteiger partial charge < -0.3 is 5.32 Å². The van der Waals surface area contributed by atoms with Crippen molar-refractivity contribution >= 4 is 5.71 Å². The van der Waals surface area contributed by atoms with Crippen LogP contribution in [-0.2, 0) is 0 Å². The van der Waals surface area contributed by atoms with Gasteiger partial charge in [-0.3, -0.25) is 4.99 Å². The summed E-state index contributed by atoms with van der Waals surface area (Å²) in [4.78, 5) is 4.52. The molecule has 0 saturated carbocycles. The monoisotopic (exact) mass is 150 g/mol. The standard InChI is InChI=1S/C9H14N2/c1-6-5-7(2)9-8(6)10-3-4-11-9/h6,11H,3-5H2,1-2H3. The first kappa shape index (κ1) is 6.89. The predicted molar refractivity (Wildman–Crippen MR) is 46.8 cm³/mol. The lowest BCUT2D eigenvalue weighted by atomic mass is 10.1. The van der Waals surface area contributed by atoms with Gasteiger partial charge >= 0.3 is 0 Å². The van der Waals surface area contributed by atoms with E-state index in [9.17, 15) is 0 Å². The minimum absolute atomic E-state index is 0.651. The summed E-state index contributed by atoms with van der Waals surface area (Å²) in [5.41, 5.74) is 4.13. The summed E-state index contributed by atoms with van der Waals surface area (Å²) in [6, 6.07) is 0. The summed E-state index contributed by atoms with van der Waals surface area (Å²) < 4.78 is 0. The molecule has 0 saturated heterocycles. The Labute approximate surface area is 67.4 Å². The molecule has 2 aliphatic rings. The average molecular weight is 150 g/mol. The van der Waals surface area contributed by atoms with Gasteiger partial charge in [0, 0.05) is 12.5 Å². The van der Waals surface area contributed by atoms with Crippen molar-refractivity contribution in [2.75, 3.05) is 13.1 Å². The van der Waals surface area contributed by atoms with E-state index in [1.165, 1.54) is 23.4 Å². The first-order valence-corrected chi connectivity index (χ1v) is 4.27. The third-order valence-corrected chi connectivity index (χ3v) is 2.46. The van der Waals surface area contributed by atoms with Gasteiger partial charge in [-0.25, -0.2) is 0 Å². The van der Waals surface area contributed by atoms with E-state index in [1.807, 2.05) is 0 Å². The fourth-order valence-corrected chi connectivity index (χ4v) is 1.96. The van der Waals surface area contributed by atoms with E-state index < -0.39 is 0 Å². The Morgan fingerprint density at radius 1 is 1.55 bits per heavy atom. The van der Waals surface area contributed by atoms with Crippen LogP contribution in [0, 0.1) is 5.92 Å². The molecule has 1 unspecified atom stereocenters. The van der Waals surface area contributed by atoms with Gasteiger partial charge in [0.05, 0.1) is 18.0 Å². The van der Waals surface area contributed by atoms with E-state index in [4.69, 9.17) is 0 Å². The molecule has 1 aliphatic carbocycles. The fraction of sp³-hybridized carbons (Fsp3) is 0.667. The van der Waals surface area contributed by atoms with E-state index in [2.05, 4.69) is 24.2 Å². The van der Waals surface area contributed by atoms with Gasteiger partial charge in [-0.15, -0.1) is 0 Å². The number of hydrogen-bond donors (Lipinski definition) is 1. The molecular formula is C9H14N2. The number of aliphatic imine (C=N–C) groups is 1. The van der Waals surface area contributed by atoms with E-state index in [0.29, 0.717) is 5.92 Å². The van der Waals surface area contributed by atoms with Crippen LogP contribution in [0.4, 0.5) is 0 Å². The van der Waals surface area contributed by atoms with Crippen molar-refractivity contribution in [2.45, 2.75) is 20.3 Å². The average Bonchev–Trinajstić information content (AvgIpc) is 2.30. The van der Waals surface area contributed by atoms with Gasteiger partial charge in [0.2, 0.25) is 0 Å². The highest BCUT2D eigenvalue weighted by atomic mass is 15.0. The van der Waals surface area contributed by atoms with Crippen molar-refractivity contribution in [3.8, 4) is 0 Å². The fourth-order valence-electron chi connectivity index (χ4n) is 1.96. The van der Waals surface area contributed by atoms with Crippen molar-refractivity contribution in [1.29, 1.82) is 0 Å². The van der Waals surface area contributed by atoms with Gasteiger partial charge in [-0.2, -0.15) is 0 Å². The lowest BCUT2D eigenvalue weighted by Gasteiger charge is -2.16. The molecule has 0 aromatic rings. The summed E-state index contributed by atoms with van der Waals surface area (Å²) >= 11 is 0. The molecule has 0 fully saturated rings. The molecule has 2 nitrogen and oxygen atoms in total. The summed E-state index contributed by atoms with van der Waals surface area (Å²) in [6.07, 6.45) is 1.20. The van der Waals surface area contributed by atoms with Crippen molar-refractivity contribution in [3.63, 3.8) is 0 Å². The van der Waals surface area contributed by atoms with Gasteiger partial charge in [-0.1, -0.05) is 6.92 Å². The third kappa shape index (κ3) is 0.971. The highest BCUT2D eigenvalue weighted by Gasteiger charge is 2.26. The lowest BCUT2D eigenvalue weighted by molar-refractivity contribution is 0.761. The Hall–Kier alpha value is -0.790. The number of rotatable bonds is 0. The van der Waals surface area contributed by atoms with Crippen LogP contribution in [0.3, 0.4) is 0 Å². The largest absolute Gasteiger partial charge is 0.382 e. The molecule has 1 aliphatic heterocycles. The summed E-state index contributed by atoms with van der Waals surface area (Å²) in [7, 11) is 0. The second-order valence-electron chi connectivity index (χ2n) is 3.45. The quantitative estimate of drug-likeness (QED) is 0.553. The summed E-state index contributed by atoms with van der Waals surface area (Å²) in [6.45, 7) is 6.42. The molecule has 60 valence electrons. The van der Waals surface area contributed by atoms with E-state index in [0.717, 1.165) is 13.1 Å². The maximum atomic E-state index is 4.52. The van der Waals surface area contributed by atoms with Crippen LogP contribution in [-0.4, -0.2) is 18.8 Å². The number of allylic oxidation sites excluding steroid dienone is 2. The third-order valence-electron chi connectivity index (χ3n) is 2.46. The smallest absolute Gasteiger partial charge is 0.0610 e. The van der Waals surface area contributed by atoms with Crippen molar-refractivity contribution in [3.05, 3.63) is 11.3 Å². The Morgan fingerprint density at radius 2 is 2.36 bits per heavy atom. The Bertz CT molecular complexity index is 238. The van der Waals surface area contributed by atoms with Crippen LogP contribution in [0.25, 0.3) is 0 Å². The molecule has 0 bridgehead atoms. The van der Waals surface area contributed by atoms with Gasteiger partial charge in [0.25, 0.3) is 0 Å². The molecule has 0 spiro atoms. The molecule has 2 rings (SSSR count). The van der Waals surface area contributed by atoms with E-state index >= 15 is 0 Å². The molecule has 1 N–H and O–H groups in total. The maximum Gasteiger partial charge on any atom is 0.0610 e. The van der Waals surface area contributed by atoms with Crippen molar-refractivity contribution < 1.29 is 0 Å². The lowest BCUT2D eigenvalue weighted by Crippen LogP contribution is -2.29. The Morgan fingerprint density at radius 3 is 3.09 bits per heavy atom. The van der Waals surface area contributed by atoms with Gasteiger partial charge in [0.15, 0.2) is 0 Å². The van der Waals surface area contributed by atoms with Crippen molar-refractivity contribution in [1.82, 2.24) is 5.32 Å². The molecule has 0 amide bonds. The number of nitrogens with one attached hydrogen (secondary N) is 1. The summed E-state index contributed by atoms with van der Waals surface area (Å²) in [5, 5.41) is 3.41. The molecule has 0 aromatic heterocycles. The molecule has 11 heavy (non-hydrogen) atoms. The molecule has 2 heteroatoms. The minimum Gasteiger partial charge on any atom is -0.382 e. The second-order valence-corrected chi connectivity index (χ2v) is 3.45. The van der Waals surface area contributed by atoms with Gasteiger partial charge in [-0.05, 0) is 18.9 Å². The maximum absolute atomic E-state index is 4.52. The molecular weight excluding hydrogens is 136 g/mol. The van der Waals surface area contributed by atoms with Crippen LogP contribution in [0.5, 0.6) is 0 Å². The number of fused-ring (bicyclic) bond motifs is 1. The zero-order chi connectivity index (χ0) is 7.84. The van der Waals surface area contributed by atoms with Crippen LogP contribution >= 0.6 is 0 Å². The number of nitrogens with zero attached hydrogens (tertiary/aromatic N) is 1. The first-order valence-electron chi connectivity index (χ1n) is 4.27. The highest BCUT2D eigenvalue weighted by molar-refractivity contribution is 6.04. The molecule has 0 radical (unpaired) electrons. The molecule has 1 atom stereocenters. The summed E-state index contributed by atoms with van der Waals surface area (Å²) in [5.74, 6) is 0.651. The van der Waals surface area contributed by atoms with Crippen LogP contribution in [0.2, 0.25) is 0 Å². The van der Waals surface area contributed by atoms with Crippen molar-refractivity contribution in [2.24, 2.45) is 10.9 Å². The Kier molecular flexibility index (Phi) is 1.48. The predicted octanol–water partition coefficient (Wildman–Crippen LogP) is 1.34. The zero-order valence-electron chi connectivity index (χ0n) is 7.15. The number of hydrogen-bond acceptors (Lipinski definition) is 2. The molecule has 0 aromatic carbocycles. The molecule has 1 heterocycles.